The maximum Gasteiger partial charge on any atom is 0.310 e. The van der Waals surface area contributed by atoms with Crippen molar-refractivity contribution in [2.24, 2.45) is 5.92 Å². The van der Waals surface area contributed by atoms with Gasteiger partial charge in [-0.2, -0.15) is 0 Å². The number of hydrogen-bond donors (Lipinski definition) is 1. The van der Waals surface area contributed by atoms with Crippen molar-refractivity contribution < 1.29 is 19.1 Å². The number of benzene rings is 1. The highest BCUT2D eigenvalue weighted by atomic mass is 16.5. The lowest BCUT2D eigenvalue weighted by Gasteiger charge is -2.27. The number of esters is 1. The molecular weight excluding hydrogens is 320 g/mol. The van der Waals surface area contributed by atoms with Gasteiger partial charge in [-0.15, -0.1) is 0 Å². The van der Waals surface area contributed by atoms with Crippen LogP contribution < -0.4 is 10.1 Å². The van der Waals surface area contributed by atoms with E-state index >= 15 is 0 Å². The van der Waals surface area contributed by atoms with Crippen molar-refractivity contribution in [3.05, 3.63) is 29.8 Å². The Balaban J connectivity index is 2.19. The molecular formula is C19H28N2O4. The molecule has 0 saturated carbocycles. The largest absolute Gasteiger partial charge is 0.497 e. The predicted octanol–water partition coefficient (Wildman–Crippen LogP) is 2.15. The fourth-order valence-electron chi connectivity index (χ4n) is 3.28. The second-order valence-corrected chi connectivity index (χ2v) is 6.19. The first kappa shape index (κ1) is 19.2. The van der Waals surface area contributed by atoms with E-state index in [2.05, 4.69) is 10.2 Å². The Kier molecular flexibility index (Phi) is 7.25. The van der Waals surface area contributed by atoms with Crippen LogP contribution in [0.2, 0.25) is 0 Å². The summed E-state index contributed by atoms with van der Waals surface area (Å²) in [4.78, 5) is 26.6. The summed E-state index contributed by atoms with van der Waals surface area (Å²) in [6.45, 7) is 5.84. The minimum atomic E-state index is -0.257. The fraction of sp³-hybridized carbons (Fsp3) is 0.579. The fourth-order valence-corrected chi connectivity index (χ4v) is 3.28. The van der Waals surface area contributed by atoms with Crippen LogP contribution in [0.25, 0.3) is 0 Å². The lowest BCUT2D eigenvalue weighted by atomic mass is 9.93. The van der Waals surface area contributed by atoms with Crippen LogP contribution in [0.4, 0.5) is 0 Å². The number of likely N-dealkylation sites (tertiary alicyclic amines) is 1. The van der Waals surface area contributed by atoms with Gasteiger partial charge in [0.15, 0.2) is 0 Å². The number of amides is 1. The van der Waals surface area contributed by atoms with Gasteiger partial charge in [0.05, 0.1) is 26.2 Å². The third kappa shape index (κ3) is 4.95. The zero-order valence-electron chi connectivity index (χ0n) is 15.3. The number of nitrogens with zero attached hydrogens (tertiary/aromatic N) is 1. The summed E-state index contributed by atoms with van der Waals surface area (Å²) in [7, 11) is 1.62. The first-order valence-corrected chi connectivity index (χ1v) is 8.92. The highest BCUT2D eigenvalue weighted by Gasteiger charge is 2.41. The molecule has 25 heavy (non-hydrogen) atoms. The third-order valence-corrected chi connectivity index (χ3v) is 4.47. The molecule has 1 aliphatic heterocycles. The Hall–Kier alpha value is -2.08. The van der Waals surface area contributed by atoms with Gasteiger partial charge in [0.1, 0.15) is 5.75 Å². The Labute approximate surface area is 149 Å². The Morgan fingerprint density at radius 3 is 2.56 bits per heavy atom. The average molecular weight is 348 g/mol. The van der Waals surface area contributed by atoms with Crippen molar-refractivity contribution in [1.82, 2.24) is 10.2 Å². The number of carbonyl (C=O) groups excluding carboxylic acids is 2. The molecule has 2 rings (SSSR count). The third-order valence-electron chi connectivity index (χ3n) is 4.47. The van der Waals surface area contributed by atoms with Crippen molar-refractivity contribution in [2.75, 3.05) is 33.4 Å². The van der Waals surface area contributed by atoms with Crippen LogP contribution in [0.15, 0.2) is 24.3 Å². The number of methoxy groups -OCH3 is 1. The summed E-state index contributed by atoms with van der Waals surface area (Å²) in [5, 5.41) is 2.90. The molecule has 6 heteroatoms. The maximum absolute atomic E-state index is 12.4. The molecule has 1 aromatic rings. The van der Waals surface area contributed by atoms with E-state index in [1.54, 1.807) is 7.11 Å². The van der Waals surface area contributed by atoms with Gasteiger partial charge >= 0.3 is 5.97 Å². The van der Waals surface area contributed by atoms with E-state index in [0.29, 0.717) is 26.1 Å². The zero-order valence-corrected chi connectivity index (χ0v) is 15.3. The van der Waals surface area contributed by atoms with E-state index in [1.807, 2.05) is 38.1 Å². The summed E-state index contributed by atoms with van der Waals surface area (Å²) in [6.07, 6.45) is 1.59. The number of ether oxygens (including phenoxy) is 2. The van der Waals surface area contributed by atoms with Crippen molar-refractivity contribution in [3.8, 4) is 5.75 Å². The molecule has 2 atom stereocenters. The van der Waals surface area contributed by atoms with Crippen LogP contribution in [0.1, 0.15) is 38.3 Å². The van der Waals surface area contributed by atoms with E-state index in [1.165, 1.54) is 0 Å². The SMILES string of the molecule is CCCNC(=O)CN1CCC(C(=O)OCC)C1c1ccc(OC)cc1. The molecule has 1 heterocycles. The van der Waals surface area contributed by atoms with Crippen LogP contribution in [0.3, 0.4) is 0 Å². The molecule has 1 saturated heterocycles. The first-order chi connectivity index (χ1) is 12.1. The van der Waals surface area contributed by atoms with E-state index in [9.17, 15) is 9.59 Å². The van der Waals surface area contributed by atoms with Crippen LogP contribution in [-0.2, 0) is 14.3 Å². The molecule has 0 bridgehead atoms. The predicted molar refractivity (Wildman–Crippen MR) is 95.3 cm³/mol. The standard InChI is InChI=1S/C19H28N2O4/c1-4-11-20-17(22)13-21-12-10-16(19(23)25-5-2)18(21)14-6-8-15(24-3)9-7-14/h6-9,16,18H,4-5,10-13H2,1-3H3,(H,20,22). The van der Waals surface area contributed by atoms with Crippen molar-refractivity contribution >= 4 is 11.9 Å². The monoisotopic (exact) mass is 348 g/mol. The maximum atomic E-state index is 12.4. The highest BCUT2D eigenvalue weighted by Crippen LogP contribution is 2.38. The summed E-state index contributed by atoms with van der Waals surface area (Å²) in [5.41, 5.74) is 1.000. The molecule has 0 aromatic heterocycles. The quantitative estimate of drug-likeness (QED) is 0.729. The van der Waals surface area contributed by atoms with E-state index in [4.69, 9.17) is 9.47 Å². The smallest absolute Gasteiger partial charge is 0.310 e. The molecule has 1 amide bonds. The van der Waals surface area contributed by atoms with Crippen molar-refractivity contribution in [2.45, 2.75) is 32.7 Å². The molecule has 0 spiro atoms. The number of nitrogens with one attached hydrogen (secondary N) is 1. The Bertz CT molecular complexity index is 573. The van der Waals surface area contributed by atoms with E-state index in [-0.39, 0.29) is 30.4 Å². The van der Waals surface area contributed by atoms with Crippen molar-refractivity contribution in [3.63, 3.8) is 0 Å². The molecule has 138 valence electrons. The lowest BCUT2D eigenvalue weighted by Crippen LogP contribution is -2.38. The van der Waals surface area contributed by atoms with Gasteiger partial charge in [0.25, 0.3) is 0 Å². The van der Waals surface area contributed by atoms with Gasteiger partial charge in [-0.3, -0.25) is 14.5 Å². The van der Waals surface area contributed by atoms with Crippen LogP contribution in [-0.4, -0.2) is 50.1 Å². The molecule has 6 nitrogen and oxygen atoms in total. The normalized spacial score (nSPS) is 20.3. The Morgan fingerprint density at radius 1 is 1.24 bits per heavy atom. The van der Waals surface area contributed by atoms with Gasteiger partial charge in [0.2, 0.25) is 5.91 Å². The van der Waals surface area contributed by atoms with Crippen LogP contribution in [0.5, 0.6) is 5.75 Å². The molecule has 0 aliphatic carbocycles. The minimum Gasteiger partial charge on any atom is -0.497 e. The lowest BCUT2D eigenvalue weighted by molar-refractivity contribution is -0.149. The number of hydrogen-bond acceptors (Lipinski definition) is 5. The number of rotatable bonds is 8. The summed E-state index contributed by atoms with van der Waals surface area (Å²) < 4.78 is 10.5. The van der Waals surface area contributed by atoms with Gasteiger partial charge in [-0.1, -0.05) is 19.1 Å². The Morgan fingerprint density at radius 2 is 1.96 bits per heavy atom. The summed E-state index contributed by atoms with van der Waals surface area (Å²) in [6, 6.07) is 7.52. The molecule has 0 radical (unpaired) electrons. The molecule has 1 fully saturated rings. The number of carbonyl (C=O) groups is 2. The first-order valence-electron chi connectivity index (χ1n) is 8.92. The summed E-state index contributed by atoms with van der Waals surface area (Å²) >= 11 is 0. The van der Waals surface area contributed by atoms with Gasteiger partial charge < -0.3 is 14.8 Å². The van der Waals surface area contributed by atoms with Gasteiger partial charge in [0, 0.05) is 19.1 Å². The molecule has 2 unspecified atom stereocenters. The minimum absolute atomic E-state index is 0.00938. The highest BCUT2D eigenvalue weighted by molar-refractivity contribution is 5.79. The molecule has 1 aliphatic rings. The van der Waals surface area contributed by atoms with Gasteiger partial charge in [-0.25, -0.2) is 0 Å². The van der Waals surface area contributed by atoms with Crippen LogP contribution in [0, 0.1) is 5.92 Å². The topological polar surface area (TPSA) is 67.9 Å². The van der Waals surface area contributed by atoms with Crippen LogP contribution >= 0.6 is 0 Å². The second kappa shape index (κ2) is 9.42. The zero-order chi connectivity index (χ0) is 18.2. The molecule has 1 N–H and O–H groups in total. The average Bonchev–Trinajstić information content (AvgIpc) is 3.03. The van der Waals surface area contributed by atoms with Gasteiger partial charge in [-0.05, 0) is 37.5 Å². The molecule has 1 aromatic carbocycles. The van der Waals surface area contributed by atoms with E-state index < -0.39 is 0 Å². The summed E-state index contributed by atoms with van der Waals surface area (Å²) in [5.74, 6) is 0.304. The van der Waals surface area contributed by atoms with E-state index in [0.717, 1.165) is 17.7 Å². The van der Waals surface area contributed by atoms with Crippen molar-refractivity contribution in [1.29, 1.82) is 0 Å². The second-order valence-electron chi connectivity index (χ2n) is 6.19.